The Bertz CT molecular complexity index is 452. The Morgan fingerprint density at radius 1 is 1.05 bits per heavy atom. The van der Waals surface area contributed by atoms with Gasteiger partial charge in [0, 0.05) is 13.6 Å². The standard InChI is InChI=1S/C14H23NO5/c1-8(9(16)17)7-15(6)10(18)14(11(19)20)12(2,3)13(14,4)5/h8H,7H2,1-6H3,(H,16,17)(H,19,20)/t8-/m1/s1. The molecule has 2 N–H and O–H groups in total. The van der Waals surface area contributed by atoms with Crippen LogP contribution in [0.15, 0.2) is 0 Å². The second kappa shape index (κ2) is 4.46. The molecule has 0 spiro atoms. The van der Waals surface area contributed by atoms with Crippen LogP contribution in [-0.4, -0.2) is 46.6 Å². The van der Waals surface area contributed by atoms with Gasteiger partial charge in [-0.05, 0) is 10.8 Å². The van der Waals surface area contributed by atoms with E-state index in [1.54, 1.807) is 27.7 Å². The van der Waals surface area contributed by atoms with Crippen LogP contribution in [0.4, 0.5) is 0 Å². The minimum atomic E-state index is -1.49. The van der Waals surface area contributed by atoms with Crippen molar-refractivity contribution in [3.63, 3.8) is 0 Å². The Labute approximate surface area is 118 Å². The van der Waals surface area contributed by atoms with Crippen LogP contribution in [0.5, 0.6) is 0 Å². The fourth-order valence-corrected chi connectivity index (χ4v) is 3.33. The molecule has 6 heteroatoms. The monoisotopic (exact) mass is 285 g/mol. The maximum atomic E-state index is 12.6. The van der Waals surface area contributed by atoms with Crippen LogP contribution < -0.4 is 0 Å². The number of rotatable bonds is 5. The molecule has 0 aliphatic heterocycles. The van der Waals surface area contributed by atoms with Gasteiger partial charge in [0.2, 0.25) is 5.91 Å². The summed E-state index contributed by atoms with van der Waals surface area (Å²) >= 11 is 0. The fourth-order valence-electron chi connectivity index (χ4n) is 3.33. The van der Waals surface area contributed by atoms with Crippen LogP contribution in [0.2, 0.25) is 0 Å². The summed E-state index contributed by atoms with van der Waals surface area (Å²) in [6, 6.07) is 0. The first-order valence-electron chi connectivity index (χ1n) is 6.57. The van der Waals surface area contributed by atoms with Gasteiger partial charge in [0.25, 0.3) is 0 Å². The van der Waals surface area contributed by atoms with Crippen molar-refractivity contribution in [2.45, 2.75) is 34.6 Å². The lowest BCUT2D eigenvalue weighted by atomic mass is 9.92. The Balaban J connectivity index is 3.07. The SMILES string of the molecule is C[C@H](CN(C)C(=O)C1(C(=O)O)C(C)(C)C1(C)C)C(=O)O. The second-order valence-corrected chi connectivity index (χ2v) is 6.73. The zero-order valence-electron chi connectivity index (χ0n) is 12.9. The predicted octanol–water partition coefficient (Wildman–Crippen LogP) is 1.30. The third-order valence-corrected chi connectivity index (χ3v) is 5.33. The van der Waals surface area contributed by atoms with E-state index < -0.39 is 40.0 Å². The van der Waals surface area contributed by atoms with Gasteiger partial charge in [0.1, 0.15) is 0 Å². The summed E-state index contributed by atoms with van der Waals surface area (Å²) in [7, 11) is 1.46. The number of carboxylic acids is 2. The Morgan fingerprint density at radius 2 is 1.45 bits per heavy atom. The van der Waals surface area contributed by atoms with E-state index in [0.29, 0.717) is 0 Å². The maximum Gasteiger partial charge on any atom is 0.320 e. The smallest absolute Gasteiger partial charge is 0.320 e. The van der Waals surface area contributed by atoms with E-state index in [1.165, 1.54) is 18.9 Å². The lowest BCUT2D eigenvalue weighted by Gasteiger charge is -2.25. The van der Waals surface area contributed by atoms with E-state index >= 15 is 0 Å². The van der Waals surface area contributed by atoms with Gasteiger partial charge in [-0.3, -0.25) is 14.4 Å². The summed E-state index contributed by atoms with van der Waals surface area (Å²) in [5.41, 5.74) is -2.85. The minimum Gasteiger partial charge on any atom is -0.481 e. The first-order valence-corrected chi connectivity index (χ1v) is 6.57. The molecule has 0 bridgehead atoms. The summed E-state index contributed by atoms with van der Waals surface area (Å²) < 4.78 is 0. The van der Waals surface area contributed by atoms with E-state index in [4.69, 9.17) is 5.11 Å². The minimum absolute atomic E-state index is 0.00461. The van der Waals surface area contributed by atoms with Crippen LogP contribution >= 0.6 is 0 Å². The molecule has 6 nitrogen and oxygen atoms in total. The third kappa shape index (κ3) is 1.73. The Hall–Kier alpha value is -1.59. The molecule has 0 heterocycles. The molecule has 1 fully saturated rings. The average Bonchev–Trinajstić information content (AvgIpc) is 2.64. The second-order valence-electron chi connectivity index (χ2n) is 6.73. The molecular formula is C14H23NO5. The summed E-state index contributed by atoms with van der Waals surface area (Å²) in [5, 5.41) is 18.5. The first-order chi connectivity index (χ1) is 8.85. The van der Waals surface area contributed by atoms with Gasteiger partial charge in [-0.1, -0.05) is 34.6 Å². The largest absolute Gasteiger partial charge is 0.481 e. The molecule has 0 aromatic heterocycles. The van der Waals surface area contributed by atoms with Gasteiger partial charge in [0.05, 0.1) is 5.92 Å². The van der Waals surface area contributed by atoms with Crippen molar-refractivity contribution in [1.29, 1.82) is 0 Å². The van der Waals surface area contributed by atoms with Gasteiger partial charge < -0.3 is 15.1 Å². The van der Waals surface area contributed by atoms with Crippen LogP contribution in [0.3, 0.4) is 0 Å². The lowest BCUT2D eigenvalue weighted by molar-refractivity contribution is -0.156. The van der Waals surface area contributed by atoms with Crippen molar-refractivity contribution < 1.29 is 24.6 Å². The van der Waals surface area contributed by atoms with E-state index in [2.05, 4.69) is 0 Å². The van der Waals surface area contributed by atoms with Crippen molar-refractivity contribution in [3.8, 4) is 0 Å². The lowest BCUT2D eigenvalue weighted by Crippen LogP contribution is -2.45. The van der Waals surface area contributed by atoms with Crippen molar-refractivity contribution in [2.75, 3.05) is 13.6 Å². The zero-order chi connectivity index (χ0) is 16.1. The Kier molecular flexibility index (Phi) is 3.67. The predicted molar refractivity (Wildman–Crippen MR) is 72.1 cm³/mol. The van der Waals surface area contributed by atoms with E-state index in [9.17, 15) is 19.5 Å². The molecule has 0 saturated heterocycles. The molecule has 114 valence electrons. The van der Waals surface area contributed by atoms with Crippen LogP contribution in [0, 0.1) is 22.2 Å². The number of aliphatic carboxylic acids is 2. The summed E-state index contributed by atoms with van der Waals surface area (Å²) in [6.07, 6.45) is 0. The van der Waals surface area contributed by atoms with Crippen molar-refractivity contribution in [2.24, 2.45) is 22.2 Å². The molecule has 0 unspecified atom stereocenters. The number of carbonyl (C=O) groups is 3. The molecule has 0 radical (unpaired) electrons. The number of hydrogen-bond donors (Lipinski definition) is 2. The molecule has 1 amide bonds. The van der Waals surface area contributed by atoms with Crippen molar-refractivity contribution in [1.82, 2.24) is 4.90 Å². The molecule has 1 saturated carbocycles. The van der Waals surface area contributed by atoms with Crippen molar-refractivity contribution in [3.05, 3.63) is 0 Å². The number of hydrogen-bond acceptors (Lipinski definition) is 3. The normalized spacial score (nSPS) is 22.7. The fraction of sp³-hybridized carbons (Fsp3) is 0.786. The molecule has 0 aromatic carbocycles. The molecule has 1 rings (SSSR count). The van der Waals surface area contributed by atoms with Crippen LogP contribution in [0.25, 0.3) is 0 Å². The summed E-state index contributed by atoms with van der Waals surface area (Å²) in [6.45, 7) is 8.51. The van der Waals surface area contributed by atoms with Crippen molar-refractivity contribution >= 4 is 17.8 Å². The quantitative estimate of drug-likeness (QED) is 0.742. The van der Waals surface area contributed by atoms with Crippen LogP contribution in [0.1, 0.15) is 34.6 Å². The number of nitrogens with zero attached hydrogens (tertiary/aromatic N) is 1. The molecular weight excluding hydrogens is 262 g/mol. The Morgan fingerprint density at radius 3 is 1.70 bits per heavy atom. The number of amides is 1. The highest BCUT2D eigenvalue weighted by Crippen LogP contribution is 2.78. The van der Waals surface area contributed by atoms with Crippen LogP contribution in [-0.2, 0) is 14.4 Å². The van der Waals surface area contributed by atoms with Gasteiger partial charge in [0.15, 0.2) is 5.41 Å². The van der Waals surface area contributed by atoms with Gasteiger partial charge in [-0.25, -0.2) is 0 Å². The number of carbonyl (C=O) groups excluding carboxylic acids is 1. The van der Waals surface area contributed by atoms with E-state index in [1.807, 2.05) is 0 Å². The average molecular weight is 285 g/mol. The van der Waals surface area contributed by atoms with Gasteiger partial charge in [-0.15, -0.1) is 0 Å². The van der Waals surface area contributed by atoms with E-state index in [0.717, 1.165) is 0 Å². The topological polar surface area (TPSA) is 94.9 Å². The summed E-state index contributed by atoms with van der Waals surface area (Å²) in [5.74, 6) is -3.41. The highest BCUT2D eigenvalue weighted by molar-refractivity contribution is 6.08. The molecule has 1 aliphatic carbocycles. The highest BCUT2D eigenvalue weighted by atomic mass is 16.4. The molecule has 1 atom stereocenters. The molecule has 1 aliphatic rings. The molecule has 0 aromatic rings. The van der Waals surface area contributed by atoms with Gasteiger partial charge in [-0.2, -0.15) is 0 Å². The first kappa shape index (κ1) is 16.5. The third-order valence-electron chi connectivity index (χ3n) is 5.33. The number of carboxylic acid groups (broad SMARTS) is 2. The highest BCUT2D eigenvalue weighted by Gasteiger charge is 2.86. The van der Waals surface area contributed by atoms with E-state index in [-0.39, 0.29) is 6.54 Å². The van der Waals surface area contributed by atoms with Gasteiger partial charge >= 0.3 is 11.9 Å². The zero-order valence-corrected chi connectivity index (χ0v) is 12.9. The summed E-state index contributed by atoms with van der Waals surface area (Å²) in [4.78, 5) is 36.4. The molecule has 20 heavy (non-hydrogen) atoms. The maximum absolute atomic E-state index is 12.6.